The molecule has 1 amide bonds. The Morgan fingerprint density at radius 3 is 2.25 bits per heavy atom. The van der Waals surface area contributed by atoms with Crippen LogP contribution >= 0.6 is 0 Å². The Bertz CT molecular complexity index is 1440. The Labute approximate surface area is 332 Å². The van der Waals surface area contributed by atoms with Gasteiger partial charge in [0, 0.05) is 46.1 Å². The molecule has 1 unspecified atom stereocenters. The maximum Gasteiger partial charge on any atom is 0.329 e. The summed E-state index contributed by atoms with van der Waals surface area (Å²) in [4.78, 5) is 57.5. The third-order valence-electron chi connectivity index (χ3n) is 13.0. The van der Waals surface area contributed by atoms with Crippen molar-refractivity contribution in [2.45, 2.75) is 167 Å². The van der Waals surface area contributed by atoms with Crippen molar-refractivity contribution in [2.75, 3.05) is 27.9 Å². The summed E-state index contributed by atoms with van der Waals surface area (Å²) in [5.74, 6) is -7.77. The number of carbonyl (C=O) groups excluding carboxylic acids is 4. The first-order valence-corrected chi connectivity index (χ1v) is 20.8. The SMILES string of the molecule is CC[C@@H]1/C=C(\C)C(F)[C@H](C)C[C@H](OC)[C@H]2O[C@@](O)(C(=O)C(=O)N3CCCC[C@H]3C(=O)O[C@H](/C(C)=C/[C@@H]3CC[C@@H](O)[C@H](OC)C3)[C@H](C)CCC1=O)[C@H](C)C[C@@H]2OC. The number of amides is 1. The zero-order chi connectivity index (χ0) is 41.5. The Kier molecular flexibility index (Phi) is 16.8. The number of rotatable bonds is 6. The minimum Gasteiger partial charge on any atom is -0.456 e. The predicted octanol–water partition coefficient (Wildman–Crippen LogP) is 5.45. The van der Waals surface area contributed by atoms with E-state index in [-0.39, 0.29) is 56.0 Å². The number of aliphatic hydroxyl groups excluding tert-OH is 1. The van der Waals surface area contributed by atoms with E-state index in [1.165, 1.54) is 19.1 Å². The molecule has 2 bridgehead atoms. The fourth-order valence-electron chi connectivity index (χ4n) is 9.30. The van der Waals surface area contributed by atoms with Gasteiger partial charge in [-0.2, -0.15) is 0 Å². The van der Waals surface area contributed by atoms with Crippen molar-refractivity contribution in [3.05, 3.63) is 23.3 Å². The lowest BCUT2D eigenvalue weighted by Crippen LogP contribution is -2.64. The van der Waals surface area contributed by atoms with E-state index in [0.717, 1.165) is 12.0 Å². The number of cyclic esters (lactones) is 1. The van der Waals surface area contributed by atoms with E-state index >= 15 is 4.39 Å². The monoisotopic (exact) mass is 793 g/mol. The van der Waals surface area contributed by atoms with E-state index in [4.69, 9.17) is 23.7 Å². The van der Waals surface area contributed by atoms with Crippen molar-refractivity contribution in [3.63, 3.8) is 0 Å². The molecule has 14 atom stereocenters. The van der Waals surface area contributed by atoms with Gasteiger partial charge in [0.05, 0.1) is 24.4 Å². The normalized spacial score (nSPS) is 41.6. The number of Topliss-reactive ketones (excluding diaryl/α,β-unsaturated/α-hetero) is 2. The zero-order valence-electron chi connectivity index (χ0n) is 35.0. The average molecular weight is 794 g/mol. The summed E-state index contributed by atoms with van der Waals surface area (Å²) in [6.07, 6.45) is 2.80. The second-order valence-corrected chi connectivity index (χ2v) is 17.0. The number of methoxy groups -OCH3 is 3. The van der Waals surface area contributed by atoms with Gasteiger partial charge >= 0.3 is 5.97 Å². The summed E-state index contributed by atoms with van der Waals surface area (Å²) in [5.41, 5.74) is 1.19. The molecule has 0 aromatic heterocycles. The summed E-state index contributed by atoms with van der Waals surface area (Å²) in [6.45, 7) is 10.8. The maximum absolute atomic E-state index is 16.2. The van der Waals surface area contributed by atoms with Gasteiger partial charge in [0.25, 0.3) is 11.7 Å². The number of nitrogens with zero attached hydrogens (tertiary/aromatic N) is 1. The second-order valence-electron chi connectivity index (χ2n) is 17.0. The molecule has 1 aliphatic carbocycles. The number of halogens is 1. The highest BCUT2D eigenvalue weighted by molar-refractivity contribution is 6.39. The van der Waals surface area contributed by atoms with Gasteiger partial charge in [-0.05, 0) is 107 Å². The number of ether oxygens (including phenoxy) is 5. The van der Waals surface area contributed by atoms with Crippen molar-refractivity contribution >= 4 is 23.4 Å². The van der Waals surface area contributed by atoms with Gasteiger partial charge in [0.15, 0.2) is 0 Å². The Hall–Kier alpha value is -2.55. The Morgan fingerprint density at radius 1 is 0.946 bits per heavy atom. The number of esters is 1. The second kappa shape index (κ2) is 20.4. The quantitative estimate of drug-likeness (QED) is 0.200. The third-order valence-corrected chi connectivity index (χ3v) is 13.0. The molecule has 318 valence electrons. The molecule has 0 spiro atoms. The molecule has 56 heavy (non-hydrogen) atoms. The average Bonchev–Trinajstić information content (AvgIpc) is 3.19. The number of piperidine rings is 1. The van der Waals surface area contributed by atoms with Gasteiger partial charge in [-0.3, -0.25) is 14.4 Å². The largest absolute Gasteiger partial charge is 0.456 e. The summed E-state index contributed by atoms with van der Waals surface area (Å²) < 4.78 is 45.7. The van der Waals surface area contributed by atoms with Crippen LogP contribution in [0.15, 0.2) is 23.3 Å². The maximum atomic E-state index is 16.2. The van der Waals surface area contributed by atoms with Gasteiger partial charge in [-0.25, -0.2) is 9.18 Å². The van der Waals surface area contributed by atoms with E-state index in [0.29, 0.717) is 44.1 Å². The van der Waals surface area contributed by atoms with Crippen molar-refractivity contribution < 1.29 is 57.5 Å². The standard InChI is InChI=1S/C43H68FNO11/c1-10-30-20-25(3)37(44)26(4)21-35(53-8)39-36(54-9)22-28(6)43(51,56-39)40(48)41(49)45-18-12-11-13-31(45)42(50)55-38(24(2)14-16-32(30)46)27(5)19-29-15-17-33(47)34(23-29)52-7/h19-20,24,26,28-31,33-39,47,51H,10-18,21-23H2,1-9H3/b25-20+,27-19+/t24-,26-,28-,29+,30-,31+,33-,34-,35+,36+,37?,38+,39-,43-/m1/s1. The fraction of sp³-hybridized carbons (Fsp3) is 0.814. The van der Waals surface area contributed by atoms with Gasteiger partial charge in [-0.15, -0.1) is 0 Å². The van der Waals surface area contributed by atoms with Crippen LogP contribution < -0.4 is 0 Å². The first kappa shape index (κ1) is 46.1. The number of hydrogen-bond acceptors (Lipinski definition) is 11. The van der Waals surface area contributed by atoms with Crippen molar-refractivity contribution in [1.82, 2.24) is 4.90 Å². The highest BCUT2D eigenvalue weighted by atomic mass is 19.1. The number of fused-ring (bicyclic) bond motifs is 3. The van der Waals surface area contributed by atoms with Crippen LogP contribution in [-0.4, -0.2) is 121 Å². The van der Waals surface area contributed by atoms with Crippen LogP contribution in [0.1, 0.15) is 112 Å². The molecule has 2 saturated heterocycles. The molecule has 3 fully saturated rings. The van der Waals surface area contributed by atoms with Crippen LogP contribution in [0.2, 0.25) is 0 Å². The van der Waals surface area contributed by atoms with E-state index in [2.05, 4.69) is 6.08 Å². The molecule has 13 heteroatoms. The molecule has 0 aromatic rings. The lowest BCUT2D eigenvalue weighted by molar-refractivity contribution is -0.302. The van der Waals surface area contributed by atoms with Gasteiger partial charge < -0.3 is 38.8 Å². The summed E-state index contributed by atoms with van der Waals surface area (Å²) in [5, 5.41) is 22.4. The minimum absolute atomic E-state index is 0.0374. The fourth-order valence-corrected chi connectivity index (χ4v) is 9.30. The number of allylic oxidation sites excluding steroid dienone is 3. The zero-order valence-corrected chi connectivity index (χ0v) is 35.0. The Morgan fingerprint density at radius 2 is 1.61 bits per heavy atom. The van der Waals surface area contributed by atoms with Gasteiger partial charge in [-0.1, -0.05) is 39.8 Å². The molecule has 1 saturated carbocycles. The van der Waals surface area contributed by atoms with Crippen molar-refractivity contribution in [2.24, 2.45) is 29.6 Å². The molecule has 0 radical (unpaired) electrons. The van der Waals surface area contributed by atoms with E-state index in [1.807, 2.05) is 20.8 Å². The van der Waals surface area contributed by atoms with Crippen LogP contribution in [0.4, 0.5) is 4.39 Å². The van der Waals surface area contributed by atoms with E-state index in [1.54, 1.807) is 34.0 Å². The summed E-state index contributed by atoms with van der Waals surface area (Å²) >= 11 is 0. The molecular formula is C43H68FNO11. The predicted molar refractivity (Wildman–Crippen MR) is 207 cm³/mol. The van der Waals surface area contributed by atoms with E-state index < -0.39 is 83.9 Å². The van der Waals surface area contributed by atoms with Crippen molar-refractivity contribution in [3.8, 4) is 0 Å². The number of carbonyl (C=O) groups is 4. The van der Waals surface area contributed by atoms with Crippen LogP contribution in [0.5, 0.6) is 0 Å². The topological polar surface area (TPSA) is 158 Å². The van der Waals surface area contributed by atoms with Crippen LogP contribution in [0.3, 0.4) is 0 Å². The molecule has 0 aromatic carbocycles. The molecule has 2 N–H and O–H groups in total. The third kappa shape index (κ3) is 10.5. The van der Waals surface area contributed by atoms with E-state index in [9.17, 15) is 29.4 Å². The van der Waals surface area contributed by atoms with Crippen LogP contribution in [-0.2, 0) is 42.9 Å². The van der Waals surface area contributed by atoms with Gasteiger partial charge in [0.1, 0.15) is 30.2 Å². The summed E-state index contributed by atoms with van der Waals surface area (Å²) in [7, 11) is 4.49. The molecular weight excluding hydrogens is 725 g/mol. The lowest BCUT2D eigenvalue weighted by Gasteiger charge is -2.47. The molecule has 4 rings (SSSR count). The van der Waals surface area contributed by atoms with Crippen LogP contribution in [0, 0.1) is 29.6 Å². The first-order chi connectivity index (χ1) is 26.5. The number of hydrogen-bond donors (Lipinski definition) is 2. The molecule has 3 aliphatic heterocycles. The van der Waals surface area contributed by atoms with Crippen LogP contribution in [0.25, 0.3) is 0 Å². The molecule has 12 nitrogen and oxygen atoms in total. The van der Waals surface area contributed by atoms with Crippen molar-refractivity contribution in [1.29, 1.82) is 0 Å². The Balaban J connectivity index is 1.76. The van der Waals surface area contributed by atoms with Gasteiger partial charge in [0.2, 0.25) is 5.79 Å². The first-order valence-electron chi connectivity index (χ1n) is 20.8. The number of alkyl halides is 1. The lowest BCUT2D eigenvalue weighted by atomic mass is 9.81. The summed E-state index contributed by atoms with van der Waals surface area (Å²) in [6, 6.07) is -1.09. The number of aliphatic hydroxyl groups is 2. The highest BCUT2D eigenvalue weighted by Crippen LogP contribution is 2.39. The smallest absolute Gasteiger partial charge is 0.329 e. The highest BCUT2D eigenvalue weighted by Gasteiger charge is 2.56. The number of ketones is 2. The minimum atomic E-state index is -2.56. The molecule has 3 heterocycles. The molecule has 4 aliphatic rings.